The molecule has 1 aromatic heterocycles. The lowest BCUT2D eigenvalue weighted by atomic mass is 10.0. The first kappa shape index (κ1) is 21.6. The highest BCUT2D eigenvalue weighted by molar-refractivity contribution is 7.83. The van der Waals surface area contributed by atoms with Gasteiger partial charge in [0.05, 0.1) is 17.0 Å². The summed E-state index contributed by atoms with van der Waals surface area (Å²) in [5, 5.41) is 13.2. The molecule has 3 rings (SSSR count). The SMILES string of the molecule is CCOC(=O)CCCc1ccc(/C(N)=N/O)c2c1ccn2S(=O)c1ccc(C)cc1. The summed E-state index contributed by atoms with van der Waals surface area (Å²) >= 11 is 0. The molecule has 0 saturated heterocycles. The number of ether oxygens (including phenoxy) is 1. The number of hydrogen-bond acceptors (Lipinski definition) is 5. The topological polar surface area (TPSA) is 107 Å². The molecule has 0 spiro atoms. The van der Waals surface area contributed by atoms with Crippen LogP contribution in [0.5, 0.6) is 0 Å². The van der Waals surface area contributed by atoms with Gasteiger partial charge in [0.15, 0.2) is 16.8 Å². The van der Waals surface area contributed by atoms with E-state index in [0.717, 1.165) is 16.5 Å². The fourth-order valence-electron chi connectivity index (χ4n) is 3.33. The van der Waals surface area contributed by atoms with Gasteiger partial charge in [0.2, 0.25) is 0 Å². The maximum atomic E-state index is 13.3. The van der Waals surface area contributed by atoms with Gasteiger partial charge in [-0.3, -0.25) is 8.77 Å². The van der Waals surface area contributed by atoms with E-state index in [1.165, 1.54) is 0 Å². The molecule has 0 radical (unpaired) electrons. The molecule has 1 atom stereocenters. The van der Waals surface area contributed by atoms with E-state index in [1.54, 1.807) is 23.2 Å². The number of aromatic nitrogens is 1. The number of amidine groups is 1. The monoisotopic (exact) mass is 427 g/mol. The molecule has 0 fully saturated rings. The molecule has 1 unspecified atom stereocenters. The third kappa shape index (κ3) is 4.54. The average Bonchev–Trinajstić information content (AvgIpc) is 3.19. The second-order valence-corrected chi connectivity index (χ2v) is 8.25. The molecule has 3 N–H and O–H groups in total. The highest BCUT2D eigenvalue weighted by Gasteiger charge is 2.18. The summed E-state index contributed by atoms with van der Waals surface area (Å²) in [7, 11) is -1.50. The fraction of sp³-hybridized carbons (Fsp3) is 0.273. The van der Waals surface area contributed by atoms with Crippen LogP contribution in [-0.2, 0) is 26.9 Å². The van der Waals surface area contributed by atoms with Crippen molar-refractivity contribution >= 4 is 33.7 Å². The zero-order valence-electron chi connectivity index (χ0n) is 17.0. The maximum absolute atomic E-state index is 13.3. The number of oxime groups is 1. The number of carbonyl (C=O) groups excluding carboxylic acids is 1. The quantitative estimate of drug-likeness (QED) is 0.188. The van der Waals surface area contributed by atoms with Crippen molar-refractivity contribution in [2.75, 3.05) is 6.61 Å². The first-order valence-corrected chi connectivity index (χ1v) is 10.8. The van der Waals surface area contributed by atoms with Crippen LogP contribution < -0.4 is 5.73 Å². The van der Waals surface area contributed by atoms with Gasteiger partial charge in [-0.25, -0.2) is 4.21 Å². The van der Waals surface area contributed by atoms with Gasteiger partial charge in [-0.05, 0) is 56.5 Å². The predicted octanol–water partition coefficient (Wildman–Crippen LogP) is 3.50. The molecule has 0 amide bonds. The Balaban J connectivity index is 2.01. The molecule has 0 aliphatic rings. The van der Waals surface area contributed by atoms with Gasteiger partial charge in [-0.1, -0.05) is 28.9 Å². The highest BCUT2D eigenvalue weighted by atomic mass is 32.2. The normalized spacial score (nSPS) is 12.8. The van der Waals surface area contributed by atoms with Crippen LogP contribution in [0, 0.1) is 6.92 Å². The number of fused-ring (bicyclic) bond motifs is 1. The van der Waals surface area contributed by atoms with Crippen LogP contribution in [0.15, 0.2) is 58.7 Å². The Morgan fingerprint density at radius 2 is 1.93 bits per heavy atom. The van der Waals surface area contributed by atoms with Gasteiger partial charge < -0.3 is 15.7 Å². The zero-order valence-corrected chi connectivity index (χ0v) is 17.8. The minimum Gasteiger partial charge on any atom is -0.466 e. The van der Waals surface area contributed by atoms with Crippen LogP contribution in [0.1, 0.15) is 36.5 Å². The number of nitrogens with zero attached hydrogens (tertiary/aromatic N) is 2. The van der Waals surface area contributed by atoms with E-state index >= 15 is 0 Å². The summed E-state index contributed by atoms with van der Waals surface area (Å²) in [5.74, 6) is -0.279. The molecule has 7 nitrogen and oxygen atoms in total. The van der Waals surface area contributed by atoms with E-state index in [2.05, 4.69) is 5.16 Å². The predicted molar refractivity (Wildman–Crippen MR) is 117 cm³/mol. The Morgan fingerprint density at radius 1 is 1.20 bits per heavy atom. The van der Waals surface area contributed by atoms with Crippen molar-refractivity contribution in [2.24, 2.45) is 10.9 Å². The van der Waals surface area contributed by atoms with Crippen LogP contribution in [-0.4, -0.2) is 31.8 Å². The summed E-state index contributed by atoms with van der Waals surface area (Å²) in [6.07, 6.45) is 3.34. The van der Waals surface area contributed by atoms with Gasteiger partial charge in [0.1, 0.15) is 0 Å². The molecule has 8 heteroatoms. The third-order valence-electron chi connectivity index (χ3n) is 4.82. The first-order valence-electron chi connectivity index (χ1n) is 9.71. The van der Waals surface area contributed by atoms with Gasteiger partial charge in [0.25, 0.3) is 0 Å². The molecule has 0 saturated carbocycles. The standard InChI is InChI=1S/C22H25N3O4S/c1-3-29-20(26)6-4-5-16-9-12-19(22(23)24-27)21-18(16)13-14-25(21)30(28)17-10-7-15(2)8-11-17/h7-14,27H,3-6H2,1-2H3,(H2,23,24). The van der Waals surface area contributed by atoms with Gasteiger partial charge in [-0.15, -0.1) is 0 Å². The summed E-state index contributed by atoms with van der Waals surface area (Å²) in [4.78, 5) is 12.3. The smallest absolute Gasteiger partial charge is 0.305 e. The first-order chi connectivity index (χ1) is 14.5. The molecule has 0 aliphatic carbocycles. The molecule has 30 heavy (non-hydrogen) atoms. The van der Waals surface area contributed by atoms with Crippen molar-refractivity contribution in [1.82, 2.24) is 3.97 Å². The number of carbonyl (C=O) groups is 1. The molecule has 3 aromatic rings. The zero-order chi connectivity index (χ0) is 21.7. The second-order valence-electron chi connectivity index (χ2n) is 6.88. The molecule has 158 valence electrons. The Hall–Kier alpha value is -3.13. The van der Waals surface area contributed by atoms with Crippen LogP contribution >= 0.6 is 0 Å². The third-order valence-corrected chi connectivity index (χ3v) is 6.16. The van der Waals surface area contributed by atoms with Gasteiger partial charge in [0, 0.05) is 23.6 Å². The van der Waals surface area contributed by atoms with E-state index in [4.69, 9.17) is 10.5 Å². The Morgan fingerprint density at radius 3 is 2.60 bits per heavy atom. The van der Waals surface area contributed by atoms with Crippen molar-refractivity contribution in [2.45, 2.75) is 38.0 Å². The van der Waals surface area contributed by atoms with Crippen LogP contribution in [0.3, 0.4) is 0 Å². The molecule has 0 bridgehead atoms. The molecular weight excluding hydrogens is 402 g/mol. The van der Waals surface area contributed by atoms with Crippen LogP contribution in [0.25, 0.3) is 10.9 Å². The Kier molecular flexibility index (Phi) is 6.89. The minimum absolute atomic E-state index is 0.0565. The number of rotatable bonds is 8. The summed E-state index contributed by atoms with van der Waals surface area (Å²) < 4.78 is 19.9. The second kappa shape index (κ2) is 9.58. The minimum atomic E-state index is -1.50. The lowest BCUT2D eigenvalue weighted by Gasteiger charge is -2.12. The van der Waals surface area contributed by atoms with Crippen LogP contribution in [0.4, 0.5) is 0 Å². The molecule has 2 aromatic carbocycles. The highest BCUT2D eigenvalue weighted by Crippen LogP contribution is 2.28. The summed E-state index contributed by atoms with van der Waals surface area (Å²) in [6, 6.07) is 13.0. The van der Waals surface area contributed by atoms with Crippen molar-refractivity contribution in [3.8, 4) is 0 Å². The Labute approximate surface area is 177 Å². The van der Waals surface area contributed by atoms with Crippen molar-refractivity contribution < 1.29 is 18.9 Å². The largest absolute Gasteiger partial charge is 0.466 e. The van der Waals surface area contributed by atoms with Crippen molar-refractivity contribution in [3.05, 3.63) is 65.4 Å². The number of hydrogen-bond donors (Lipinski definition) is 2. The van der Waals surface area contributed by atoms with Gasteiger partial charge >= 0.3 is 5.97 Å². The summed E-state index contributed by atoms with van der Waals surface area (Å²) in [5.41, 5.74) is 9.08. The van der Waals surface area contributed by atoms with Crippen molar-refractivity contribution in [3.63, 3.8) is 0 Å². The molecule has 1 heterocycles. The molecular formula is C22H25N3O4S. The van der Waals surface area contributed by atoms with E-state index < -0.39 is 11.0 Å². The fourth-order valence-corrected chi connectivity index (χ4v) is 4.46. The van der Waals surface area contributed by atoms with Crippen molar-refractivity contribution in [1.29, 1.82) is 0 Å². The van der Waals surface area contributed by atoms with E-state index in [0.29, 0.717) is 41.8 Å². The van der Waals surface area contributed by atoms with E-state index in [9.17, 15) is 14.2 Å². The maximum Gasteiger partial charge on any atom is 0.305 e. The van der Waals surface area contributed by atoms with Crippen LogP contribution in [0.2, 0.25) is 0 Å². The number of nitrogens with two attached hydrogens (primary N) is 1. The Bertz CT molecular complexity index is 1100. The number of aryl methyl sites for hydroxylation is 2. The van der Waals surface area contributed by atoms with E-state index in [1.807, 2.05) is 43.3 Å². The van der Waals surface area contributed by atoms with Gasteiger partial charge in [-0.2, -0.15) is 0 Å². The number of esters is 1. The summed E-state index contributed by atoms with van der Waals surface area (Å²) in [6.45, 7) is 4.12. The number of benzene rings is 2. The van der Waals surface area contributed by atoms with E-state index in [-0.39, 0.29) is 11.8 Å². The molecule has 0 aliphatic heterocycles. The average molecular weight is 428 g/mol. The lowest BCUT2D eigenvalue weighted by molar-refractivity contribution is -0.143. The lowest BCUT2D eigenvalue weighted by Crippen LogP contribution is -2.16.